The lowest BCUT2D eigenvalue weighted by Crippen LogP contribution is -2.49. The van der Waals surface area contributed by atoms with Crippen molar-refractivity contribution in [2.75, 3.05) is 41.4 Å². The Balaban J connectivity index is 1.36. The van der Waals surface area contributed by atoms with Crippen LogP contribution in [0.5, 0.6) is 0 Å². The standard InChI is InChI=1S/C20H20N4O3S/c25-18-7-8-20(24(18)15-3-1-2-4-16(15)28-20)19(26)22-14-5-6-17(21-13-14)23-9-11-27-12-10-23/h1-6,13H,7-12H2,(H,22,26)/t20-/m0/s1. The van der Waals surface area contributed by atoms with Gasteiger partial charge in [-0.25, -0.2) is 4.98 Å². The molecule has 0 saturated carbocycles. The molecule has 28 heavy (non-hydrogen) atoms. The lowest BCUT2D eigenvalue weighted by atomic mass is 10.1. The highest BCUT2D eigenvalue weighted by molar-refractivity contribution is 8.02. The van der Waals surface area contributed by atoms with Gasteiger partial charge in [-0.2, -0.15) is 0 Å². The van der Waals surface area contributed by atoms with E-state index < -0.39 is 4.87 Å². The van der Waals surface area contributed by atoms with E-state index in [1.54, 1.807) is 11.1 Å². The third-order valence-corrected chi connectivity index (χ3v) is 6.84. The predicted molar refractivity (Wildman–Crippen MR) is 108 cm³/mol. The van der Waals surface area contributed by atoms with Crippen LogP contribution in [0.4, 0.5) is 17.2 Å². The number of aromatic nitrogens is 1. The van der Waals surface area contributed by atoms with E-state index in [4.69, 9.17) is 4.74 Å². The highest BCUT2D eigenvalue weighted by atomic mass is 32.2. The van der Waals surface area contributed by atoms with Crippen molar-refractivity contribution in [1.29, 1.82) is 0 Å². The number of ether oxygens (including phenoxy) is 1. The van der Waals surface area contributed by atoms with E-state index >= 15 is 0 Å². The summed E-state index contributed by atoms with van der Waals surface area (Å²) in [6, 6.07) is 11.5. The molecule has 5 rings (SSSR count). The van der Waals surface area contributed by atoms with Crippen LogP contribution in [0.1, 0.15) is 12.8 Å². The third kappa shape index (κ3) is 2.75. The Labute approximate surface area is 167 Å². The maximum Gasteiger partial charge on any atom is 0.261 e. The summed E-state index contributed by atoms with van der Waals surface area (Å²) in [5.41, 5.74) is 1.46. The Morgan fingerprint density at radius 1 is 1.18 bits per heavy atom. The molecule has 2 fully saturated rings. The second kappa shape index (κ2) is 6.79. The average Bonchev–Trinajstić information content (AvgIpc) is 3.25. The maximum atomic E-state index is 13.2. The topological polar surface area (TPSA) is 74.8 Å². The molecule has 3 aliphatic rings. The molecule has 1 aromatic heterocycles. The van der Waals surface area contributed by atoms with Crippen LogP contribution >= 0.6 is 11.8 Å². The highest BCUT2D eigenvalue weighted by Crippen LogP contribution is 2.55. The number of anilines is 3. The predicted octanol–water partition coefficient (Wildman–Crippen LogP) is 2.49. The molecule has 1 atom stereocenters. The fourth-order valence-corrected chi connectivity index (χ4v) is 5.38. The number of benzene rings is 1. The first-order valence-electron chi connectivity index (χ1n) is 9.39. The number of nitrogens with zero attached hydrogens (tertiary/aromatic N) is 3. The molecule has 0 radical (unpaired) electrons. The molecule has 0 unspecified atom stereocenters. The number of thioether (sulfide) groups is 1. The largest absolute Gasteiger partial charge is 0.378 e. The summed E-state index contributed by atoms with van der Waals surface area (Å²) in [5.74, 6) is 0.689. The third-order valence-electron chi connectivity index (χ3n) is 5.37. The van der Waals surface area contributed by atoms with Crippen LogP contribution in [-0.4, -0.2) is 48.0 Å². The summed E-state index contributed by atoms with van der Waals surface area (Å²) in [6.45, 7) is 3.02. The van der Waals surface area contributed by atoms with Crippen LogP contribution in [0.25, 0.3) is 0 Å². The first-order chi connectivity index (χ1) is 13.7. The van der Waals surface area contributed by atoms with Gasteiger partial charge in [0.1, 0.15) is 5.82 Å². The van der Waals surface area contributed by atoms with Gasteiger partial charge in [-0.1, -0.05) is 23.9 Å². The van der Waals surface area contributed by atoms with Crippen molar-refractivity contribution in [3.63, 3.8) is 0 Å². The Morgan fingerprint density at radius 3 is 2.79 bits per heavy atom. The quantitative estimate of drug-likeness (QED) is 0.859. The molecule has 3 aliphatic heterocycles. The van der Waals surface area contributed by atoms with E-state index in [0.717, 1.165) is 29.5 Å². The molecule has 144 valence electrons. The van der Waals surface area contributed by atoms with Crippen LogP contribution in [0.15, 0.2) is 47.5 Å². The number of fused-ring (bicyclic) bond motifs is 3. The zero-order valence-electron chi connectivity index (χ0n) is 15.3. The van der Waals surface area contributed by atoms with Crippen molar-refractivity contribution in [3.05, 3.63) is 42.6 Å². The van der Waals surface area contributed by atoms with E-state index in [1.807, 2.05) is 36.4 Å². The molecule has 2 saturated heterocycles. The number of hydrogen-bond donors (Lipinski definition) is 1. The van der Waals surface area contributed by atoms with Crippen molar-refractivity contribution < 1.29 is 14.3 Å². The fourth-order valence-electron chi connectivity index (χ4n) is 3.97. The molecule has 0 spiro atoms. The number of morpholine rings is 1. The van der Waals surface area contributed by atoms with Crippen molar-refractivity contribution >= 4 is 40.8 Å². The van der Waals surface area contributed by atoms with Gasteiger partial charge in [0, 0.05) is 24.4 Å². The van der Waals surface area contributed by atoms with Gasteiger partial charge in [0.25, 0.3) is 5.91 Å². The van der Waals surface area contributed by atoms with Crippen molar-refractivity contribution in [3.8, 4) is 0 Å². The molecule has 0 bridgehead atoms. The molecule has 0 aliphatic carbocycles. The monoisotopic (exact) mass is 396 g/mol. The second-order valence-electron chi connectivity index (χ2n) is 7.04. The van der Waals surface area contributed by atoms with E-state index in [1.165, 1.54) is 11.8 Å². The minimum absolute atomic E-state index is 0.00612. The number of pyridine rings is 1. The zero-order valence-corrected chi connectivity index (χ0v) is 16.1. The summed E-state index contributed by atoms with van der Waals surface area (Å²) in [5, 5.41) is 2.97. The van der Waals surface area contributed by atoms with Gasteiger partial charge in [0.2, 0.25) is 5.91 Å². The van der Waals surface area contributed by atoms with Gasteiger partial charge in [-0.15, -0.1) is 0 Å². The molecule has 8 heteroatoms. The van der Waals surface area contributed by atoms with Gasteiger partial charge >= 0.3 is 0 Å². The second-order valence-corrected chi connectivity index (χ2v) is 8.36. The summed E-state index contributed by atoms with van der Waals surface area (Å²) in [4.78, 5) is 34.1. The van der Waals surface area contributed by atoms with Crippen molar-refractivity contribution in [1.82, 2.24) is 4.98 Å². The maximum absolute atomic E-state index is 13.2. The van der Waals surface area contributed by atoms with Crippen LogP contribution in [-0.2, 0) is 14.3 Å². The van der Waals surface area contributed by atoms with Crippen molar-refractivity contribution in [2.45, 2.75) is 22.6 Å². The van der Waals surface area contributed by atoms with Gasteiger partial charge in [0.15, 0.2) is 4.87 Å². The summed E-state index contributed by atoms with van der Waals surface area (Å²) in [6.07, 6.45) is 2.55. The lowest BCUT2D eigenvalue weighted by molar-refractivity contribution is -0.121. The summed E-state index contributed by atoms with van der Waals surface area (Å²) in [7, 11) is 0. The average molecular weight is 396 g/mol. The molecular weight excluding hydrogens is 376 g/mol. The Morgan fingerprint density at radius 2 is 2.00 bits per heavy atom. The van der Waals surface area contributed by atoms with Crippen LogP contribution in [0.2, 0.25) is 0 Å². The van der Waals surface area contributed by atoms with Crippen LogP contribution in [0, 0.1) is 0 Å². The Kier molecular flexibility index (Phi) is 4.25. The summed E-state index contributed by atoms with van der Waals surface area (Å²) >= 11 is 1.46. The smallest absolute Gasteiger partial charge is 0.261 e. The highest BCUT2D eigenvalue weighted by Gasteiger charge is 2.57. The molecule has 1 N–H and O–H groups in total. The van der Waals surface area contributed by atoms with E-state index in [9.17, 15) is 9.59 Å². The molecule has 2 aromatic rings. The Bertz CT molecular complexity index is 929. The Hall–Kier alpha value is -2.58. The van der Waals surface area contributed by atoms with Gasteiger partial charge in [0.05, 0.1) is 30.8 Å². The fraction of sp³-hybridized carbons (Fsp3) is 0.350. The zero-order chi connectivity index (χ0) is 19.1. The number of carbonyl (C=O) groups is 2. The lowest BCUT2D eigenvalue weighted by Gasteiger charge is -2.30. The van der Waals surface area contributed by atoms with E-state index in [-0.39, 0.29) is 11.8 Å². The first-order valence-corrected chi connectivity index (χ1v) is 10.2. The molecule has 7 nitrogen and oxygen atoms in total. The number of amides is 2. The molecule has 1 aromatic carbocycles. The molecule has 4 heterocycles. The van der Waals surface area contributed by atoms with Gasteiger partial charge in [-0.3, -0.25) is 14.5 Å². The number of rotatable bonds is 3. The van der Waals surface area contributed by atoms with Crippen LogP contribution in [0.3, 0.4) is 0 Å². The molecular formula is C20H20N4O3S. The minimum Gasteiger partial charge on any atom is -0.378 e. The minimum atomic E-state index is -0.913. The first kappa shape index (κ1) is 17.5. The SMILES string of the molecule is O=C1CC[C@@]2(C(=O)Nc3ccc(N4CCOCC4)nc3)Sc3ccccc3N12. The normalized spacial score (nSPS) is 23.5. The van der Waals surface area contributed by atoms with Crippen LogP contribution < -0.4 is 15.1 Å². The molecule has 2 amide bonds. The number of carbonyl (C=O) groups excluding carboxylic acids is 2. The van der Waals surface area contributed by atoms with Crippen molar-refractivity contribution in [2.24, 2.45) is 0 Å². The number of nitrogens with one attached hydrogen (secondary N) is 1. The van der Waals surface area contributed by atoms with Gasteiger partial charge < -0.3 is 15.0 Å². The van der Waals surface area contributed by atoms with Gasteiger partial charge in [-0.05, 0) is 30.7 Å². The number of hydrogen-bond acceptors (Lipinski definition) is 6. The van der Waals surface area contributed by atoms with E-state index in [0.29, 0.717) is 31.7 Å². The summed E-state index contributed by atoms with van der Waals surface area (Å²) < 4.78 is 5.37. The number of para-hydroxylation sites is 1. The van der Waals surface area contributed by atoms with E-state index in [2.05, 4.69) is 15.2 Å².